The van der Waals surface area contributed by atoms with Crippen LogP contribution >= 0.6 is 23.6 Å². The van der Waals surface area contributed by atoms with Gasteiger partial charge in [0.05, 0.1) is 10.7 Å². The van der Waals surface area contributed by atoms with E-state index in [9.17, 15) is 0 Å². The lowest BCUT2D eigenvalue weighted by molar-refractivity contribution is 0.298. The van der Waals surface area contributed by atoms with Gasteiger partial charge >= 0.3 is 0 Å². The molecule has 2 rings (SSSR count). The van der Waals surface area contributed by atoms with Crippen molar-refractivity contribution in [3.8, 4) is 5.75 Å². The van der Waals surface area contributed by atoms with Gasteiger partial charge in [0.1, 0.15) is 17.3 Å². The molecule has 0 fully saturated rings. The van der Waals surface area contributed by atoms with E-state index in [1.165, 1.54) is 0 Å². The molecular formula is C14H16N2OS2. The van der Waals surface area contributed by atoms with E-state index in [0.29, 0.717) is 11.6 Å². The third-order valence-electron chi connectivity index (χ3n) is 2.78. The molecule has 1 aromatic heterocycles. The smallest absolute Gasteiger partial charge is 0.131 e. The van der Waals surface area contributed by atoms with Crippen molar-refractivity contribution in [3.05, 3.63) is 44.9 Å². The van der Waals surface area contributed by atoms with Gasteiger partial charge in [0.15, 0.2) is 0 Å². The second-order valence-electron chi connectivity index (χ2n) is 4.45. The Morgan fingerprint density at radius 2 is 1.95 bits per heavy atom. The number of benzene rings is 1. The van der Waals surface area contributed by atoms with Gasteiger partial charge in [-0.3, -0.25) is 0 Å². The molecule has 0 radical (unpaired) electrons. The van der Waals surface area contributed by atoms with Gasteiger partial charge in [-0.1, -0.05) is 12.2 Å². The van der Waals surface area contributed by atoms with Crippen LogP contribution in [0, 0.1) is 20.8 Å². The molecule has 3 nitrogen and oxygen atoms in total. The van der Waals surface area contributed by atoms with Crippen LogP contribution in [0.5, 0.6) is 5.75 Å². The Labute approximate surface area is 122 Å². The lowest BCUT2D eigenvalue weighted by atomic mass is 10.1. The van der Waals surface area contributed by atoms with Gasteiger partial charge < -0.3 is 10.5 Å². The van der Waals surface area contributed by atoms with Gasteiger partial charge in [-0.05, 0) is 44.0 Å². The molecule has 1 aromatic carbocycles. The first-order valence-corrected chi connectivity index (χ1v) is 7.21. The zero-order valence-electron chi connectivity index (χ0n) is 11.2. The number of nitrogens with zero attached hydrogens (tertiary/aromatic N) is 1. The summed E-state index contributed by atoms with van der Waals surface area (Å²) in [5.74, 6) is 0.880. The molecule has 0 bridgehead atoms. The molecule has 5 heteroatoms. The molecule has 0 amide bonds. The highest BCUT2D eigenvalue weighted by Crippen LogP contribution is 2.26. The lowest BCUT2D eigenvalue weighted by Gasteiger charge is -2.13. The Bertz CT molecular complexity index is 597. The van der Waals surface area contributed by atoms with E-state index < -0.39 is 0 Å². The fourth-order valence-corrected chi connectivity index (χ4v) is 2.66. The number of ether oxygens (including phenoxy) is 1. The highest BCUT2D eigenvalue weighted by atomic mass is 32.1. The molecule has 1 heterocycles. The maximum atomic E-state index is 5.86. The fraction of sp³-hybridized carbons (Fsp3) is 0.286. The third-order valence-corrected chi connectivity index (χ3v) is 3.83. The topological polar surface area (TPSA) is 48.1 Å². The highest BCUT2D eigenvalue weighted by Gasteiger charge is 2.09. The van der Waals surface area contributed by atoms with Crippen molar-refractivity contribution in [2.75, 3.05) is 0 Å². The second-order valence-corrected chi connectivity index (χ2v) is 5.95. The largest absolute Gasteiger partial charge is 0.487 e. The number of rotatable bonds is 4. The molecule has 0 aliphatic carbocycles. The molecule has 2 N–H and O–H groups in total. The van der Waals surface area contributed by atoms with Gasteiger partial charge in [-0.15, -0.1) is 11.3 Å². The van der Waals surface area contributed by atoms with Crippen molar-refractivity contribution in [2.45, 2.75) is 27.4 Å². The third kappa shape index (κ3) is 3.30. The van der Waals surface area contributed by atoms with Crippen LogP contribution in [0.3, 0.4) is 0 Å². The summed E-state index contributed by atoms with van der Waals surface area (Å²) < 4.78 is 5.86. The SMILES string of the molecule is Cc1nc(COc2c(C)cc(C(N)=S)cc2C)cs1. The van der Waals surface area contributed by atoms with E-state index in [0.717, 1.165) is 33.1 Å². The van der Waals surface area contributed by atoms with Gasteiger partial charge in [0, 0.05) is 10.9 Å². The Hall–Kier alpha value is -1.46. The molecule has 0 saturated carbocycles. The Morgan fingerprint density at radius 1 is 1.32 bits per heavy atom. The van der Waals surface area contributed by atoms with Crippen LogP contribution < -0.4 is 10.5 Å². The maximum absolute atomic E-state index is 5.86. The Kier molecular flexibility index (Phi) is 4.17. The van der Waals surface area contributed by atoms with Crippen LogP contribution in [0.2, 0.25) is 0 Å². The highest BCUT2D eigenvalue weighted by molar-refractivity contribution is 7.80. The van der Waals surface area contributed by atoms with Crippen molar-refractivity contribution >= 4 is 28.5 Å². The monoisotopic (exact) mass is 292 g/mol. The summed E-state index contributed by atoms with van der Waals surface area (Å²) >= 11 is 6.63. The molecular weight excluding hydrogens is 276 g/mol. The second kappa shape index (κ2) is 5.67. The van der Waals surface area contributed by atoms with Crippen molar-refractivity contribution in [3.63, 3.8) is 0 Å². The molecule has 0 atom stereocenters. The van der Waals surface area contributed by atoms with Crippen LogP contribution in [0.4, 0.5) is 0 Å². The normalized spacial score (nSPS) is 10.5. The standard InChI is InChI=1S/C14H16N2OS2/c1-8-4-11(14(15)18)5-9(2)13(8)17-6-12-7-19-10(3)16-12/h4-5,7H,6H2,1-3H3,(H2,15,18). The maximum Gasteiger partial charge on any atom is 0.131 e. The molecule has 0 spiro atoms. The van der Waals surface area contributed by atoms with Crippen LogP contribution in [0.15, 0.2) is 17.5 Å². The number of thiocarbonyl (C=S) groups is 1. The number of thiazole rings is 1. The van der Waals surface area contributed by atoms with Crippen molar-refractivity contribution < 1.29 is 4.74 Å². The van der Waals surface area contributed by atoms with E-state index in [1.807, 2.05) is 38.3 Å². The summed E-state index contributed by atoms with van der Waals surface area (Å²) in [6, 6.07) is 3.91. The number of nitrogens with two attached hydrogens (primary N) is 1. The van der Waals surface area contributed by atoms with Gasteiger partial charge in [-0.25, -0.2) is 4.98 Å². The van der Waals surface area contributed by atoms with Crippen LogP contribution in [0.1, 0.15) is 27.4 Å². The number of aromatic nitrogens is 1. The van der Waals surface area contributed by atoms with E-state index in [4.69, 9.17) is 22.7 Å². The van der Waals surface area contributed by atoms with Crippen LogP contribution in [-0.2, 0) is 6.61 Å². The van der Waals surface area contributed by atoms with E-state index in [1.54, 1.807) is 11.3 Å². The van der Waals surface area contributed by atoms with E-state index >= 15 is 0 Å². The predicted molar refractivity (Wildman–Crippen MR) is 83.0 cm³/mol. The molecule has 2 aromatic rings. The van der Waals surface area contributed by atoms with E-state index in [-0.39, 0.29) is 0 Å². The van der Waals surface area contributed by atoms with E-state index in [2.05, 4.69) is 4.98 Å². The minimum atomic E-state index is 0.410. The minimum absolute atomic E-state index is 0.410. The summed E-state index contributed by atoms with van der Waals surface area (Å²) in [4.78, 5) is 4.79. The first-order valence-electron chi connectivity index (χ1n) is 5.92. The van der Waals surface area contributed by atoms with Crippen LogP contribution in [-0.4, -0.2) is 9.97 Å². The minimum Gasteiger partial charge on any atom is -0.487 e. The van der Waals surface area contributed by atoms with Crippen molar-refractivity contribution in [1.82, 2.24) is 4.98 Å². The first-order chi connectivity index (χ1) is 8.97. The number of hydrogen-bond acceptors (Lipinski definition) is 4. The quantitative estimate of drug-likeness (QED) is 0.879. The molecule has 0 aliphatic heterocycles. The average molecular weight is 292 g/mol. The zero-order chi connectivity index (χ0) is 14.0. The Balaban J connectivity index is 2.18. The zero-order valence-corrected chi connectivity index (χ0v) is 12.8. The Morgan fingerprint density at radius 3 is 2.42 bits per heavy atom. The van der Waals surface area contributed by atoms with Crippen molar-refractivity contribution in [1.29, 1.82) is 0 Å². The fourth-order valence-electron chi connectivity index (χ4n) is 1.94. The van der Waals surface area contributed by atoms with Crippen molar-refractivity contribution in [2.24, 2.45) is 5.73 Å². The summed E-state index contributed by atoms with van der Waals surface area (Å²) in [5.41, 5.74) is 9.56. The van der Waals surface area contributed by atoms with Gasteiger partial charge in [0.25, 0.3) is 0 Å². The summed E-state index contributed by atoms with van der Waals surface area (Å²) in [6.07, 6.45) is 0. The summed E-state index contributed by atoms with van der Waals surface area (Å²) in [7, 11) is 0. The molecule has 19 heavy (non-hydrogen) atoms. The summed E-state index contributed by atoms with van der Waals surface area (Å²) in [5, 5.41) is 3.07. The number of hydrogen-bond donors (Lipinski definition) is 1. The van der Waals surface area contributed by atoms with Gasteiger partial charge in [-0.2, -0.15) is 0 Å². The lowest BCUT2D eigenvalue weighted by Crippen LogP contribution is -2.10. The van der Waals surface area contributed by atoms with Crippen LogP contribution in [0.25, 0.3) is 0 Å². The number of aryl methyl sites for hydroxylation is 3. The molecule has 0 unspecified atom stereocenters. The summed E-state index contributed by atoms with van der Waals surface area (Å²) in [6.45, 7) is 6.47. The first kappa shape index (κ1) is 14.0. The van der Waals surface area contributed by atoms with Gasteiger partial charge in [0.2, 0.25) is 0 Å². The average Bonchev–Trinajstić information content (AvgIpc) is 2.73. The predicted octanol–water partition coefficient (Wildman–Crippen LogP) is 3.28. The molecule has 0 aliphatic rings. The molecule has 100 valence electrons. The molecule has 0 saturated heterocycles.